The van der Waals surface area contributed by atoms with Gasteiger partial charge in [-0.1, -0.05) is 24.3 Å². The summed E-state index contributed by atoms with van der Waals surface area (Å²) < 4.78 is 34.5. The van der Waals surface area contributed by atoms with Gasteiger partial charge < -0.3 is 9.64 Å². The smallest absolute Gasteiger partial charge is 0.248 e. The lowest BCUT2D eigenvalue weighted by Gasteiger charge is -2.29. The Morgan fingerprint density at radius 1 is 1.00 bits per heavy atom. The second-order valence-corrected chi connectivity index (χ2v) is 10.0. The number of aliphatic imine (C=N–C) groups is 1. The van der Waals surface area contributed by atoms with Gasteiger partial charge in [-0.15, -0.1) is 0 Å². The van der Waals surface area contributed by atoms with Crippen LogP contribution >= 0.6 is 0 Å². The van der Waals surface area contributed by atoms with Gasteiger partial charge in [-0.25, -0.2) is 23.4 Å². The van der Waals surface area contributed by atoms with E-state index in [4.69, 9.17) is 14.7 Å². The highest BCUT2D eigenvalue weighted by molar-refractivity contribution is 6.15. The van der Waals surface area contributed by atoms with Crippen molar-refractivity contribution in [3.05, 3.63) is 59.9 Å². The molecule has 0 amide bonds. The Morgan fingerprint density at radius 3 is 2.54 bits per heavy atom. The third-order valence-electron chi connectivity index (χ3n) is 7.54. The van der Waals surface area contributed by atoms with Gasteiger partial charge in [0, 0.05) is 49.8 Å². The zero-order chi connectivity index (χ0) is 25.4. The van der Waals surface area contributed by atoms with E-state index in [1.807, 2.05) is 30.5 Å². The fraction of sp³-hybridized carbons (Fsp3) is 0.429. The number of rotatable bonds is 5. The number of hydrogen-bond acceptors (Lipinski definition) is 6. The van der Waals surface area contributed by atoms with Crippen LogP contribution in [0.3, 0.4) is 0 Å². The predicted octanol–water partition coefficient (Wildman–Crippen LogP) is 5.43. The van der Waals surface area contributed by atoms with Crippen molar-refractivity contribution in [2.45, 2.75) is 50.5 Å². The molecule has 6 rings (SSSR count). The molecule has 0 radical (unpaired) electrons. The summed E-state index contributed by atoms with van der Waals surface area (Å²) in [5.41, 5.74) is 4.35. The monoisotopic (exact) mass is 505 g/mol. The average molecular weight is 506 g/mol. The quantitative estimate of drug-likeness (QED) is 0.462. The zero-order valence-electron chi connectivity index (χ0n) is 20.6. The SMILES string of the molecule is O=C1CC(Cc2ccccc2-c2ccc(N3CCOCC3)nc2)=Nc2c1cnn2C1CCC(F)(F)CC1. The van der Waals surface area contributed by atoms with E-state index in [0.29, 0.717) is 43.9 Å². The van der Waals surface area contributed by atoms with Gasteiger partial charge >= 0.3 is 0 Å². The van der Waals surface area contributed by atoms with Gasteiger partial charge in [-0.2, -0.15) is 5.10 Å². The van der Waals surface area contributed by atoms with Gasteiger partial charge in [0.05, 0.1) is 37.4 Å². The molecule has 0 spiro atoms. The van der Waals surface area contributed by atoms with Crippen molar-refractivity contribution < 1.29 is 18.3 Å². The first-order chi connectivity index (χ1) is 18.0. The number of benzene rings is 1. The minimum atomic E-state index is -2.62. The minimum absolute atomic E-state index is 0.0265. The lowest BCUT2D eigenvalue weighted by Crippen LogP contribution is -2.36. The number of hydrogen-bond donors (Lipinski definition) is 0. The van der Waals surface area contributed by atoms with Gasteiger partial charge in [0.15, 0.2) is 11.6 Å². The summed E-state index contributed by atoms with van der Waals surface area (Å²) in [6.45, 7) is 3.08. The van der Waals surface area contributed by atoms with Crippen LogP contribution in [0.1, 0.15) is 54.1 Å². The van der Waals surface area contributed by atoms with E-state index in [1.54, 1.807) is 10.9 Å². The molecule has 0 bridgehead atoms. The topological polar surface area (TPSA) is 72.6 Å². The molecule has 0 unspecified atom stereocenters. The number of carbonyl (C=O) groups is 1. The van der Waals surface area contributed by atoms with E-state index in [-0.39, 0.29) is 31.1 Å². The number of fused-ring (bicyclic) bond motifs is 1. The first kappa shape index (κ1) is 23.9. The van der Waals surface area contributed by atoms with Crippen LogP contribution in [0.5, 0.6) is 0 Å². The standard InChI is InChI=1S/C28H29F2N5O2/c29-28(30)9-7-22(8-10-28)35-27-24(18-32-35)25(36)16-21(33-27)15-19-3-1-2-4-23(19)20-5-6-26(31-17-20)34-11-13-37-14-12-34/h1-6,17-18,22H,7-16H2. The molecule has 3 aromatic rings. The molecule has 192 valence electrons. The van der Waals surface area contributed by atoms with Gasteiger partial charge in [-0.3, -0.25) is 4.79 Å². The van der Waals surface area contributed by atoms with E-state index in [2.05, 4.69) is 22.1 Å². The molecular formula is C28H29F2N5O2. The van der Waals surface area contributed by atoms with Crippen molar-refractivity contribution in [1.82, 2.24) is 14.8 Å². The number of morpholine rings is 1. The van der Waals surface area contributed by atoms with Gasteiger partial charge in [0.25, 0.3) is 0 Å². The molecule has 2 fully saturated rings. The largest absolute Gasteiger partial charge is 0.378 e. The Morgan fingerprint density at radius 2 is 1.78 bits per heavy atom. The summed E-state index contributed by atoms with van der Waals surface area (Å²) in [5, 5.41) is 4.40. The summed E-state index contributed by atoms with van der Waals surface area (Å²) in [6.07, 6.45) is 4.51. The van der Waals surface area contributed by atoms with Crippen LogP contribution in [0.2, 0.25) is 0 Å². The van der Waals surface area contributed by atoms with Crippen molar-refractivity contribution in [3.63, 3.8) is 0 Å². The third-order valence-corrected chi connectivity index (χ3v) is 7.54. The van der Waals surface area contributed by atoms with Crippen LogP contribution in [0.15, 0.2) is 53.8 Å². The van der Waals surface area contributed by atoms with Gasteiger partial charge in [-0.05, 0) is 36.1 Å². The molecule has 0 N–H and O–H groups in total. The van der Waals surface area contributed by atoms with E-state index >= 15 is 0 Å². The normalized spacial score (nSPS) is 20.0. The third kappa shape index (κ3) is 4.92. The Kier molecular flexibility index (Phi) is 6.32. The Bertz CT molecular complexity index is 1320. The maximum atomic E-state index is 13.7. The number of pyridine rings is 1. The summed E-state index contributed by atoms with van der Waals surface area (Å²) in [6, 6.07) is 12.0. The summed E-state index contributed by atoms with van der Waals surface area (Å²) in [7, 11) is 0. The molecule has 1 saturated heterocycles. The van der Waals surface area contributed by atoms with Crippen LogP contribution in [0, 0.1) is 0 Å². The number of alkyl halides is 2. The van der Waals surface area contributed by atoms with E-state index in [9.17, 15) is 13.6 Å². The fourth-order valence-electron chi connectivity index (χ4n) is 5.47. The van der Waals surface area contributed by atoms with Gasteiger partial charge in [0.2, 0.25) is 5.92 Å². The van der Waals surface area contributed by atoms with E-state index in [1.165, 1.54) is 0 Å². The average Bonchev–Trinajstić information content (AvgIpc) is 3.34. The number of carbonyl (C=O) groups excluding carboxylic acids is 1. The second kappa shape index (κ2) is 9.78. The number of nitrogens with zero attached hydrogens (tertiary/aromatic N) is 5. The van der Waals surface area contributed by atoms with Crippen molar-refractivity contribution in [2.75, 3.05) is 31.2 Å². The Balaban J connectivity index is 1.25. The molecule has 1 saturated carbocycles. The molecule has 2 aliphatic heterocycles. The number of ketones is 1. The first-order valence-corrected chi connectivity index (χ1v) is 12.9. The number of aromatic nitrogens is 3. The molecule has 1 aromatic carbocycles. The Labute approximate surface area is 214 Å². The zero-order valence-corrected chi connectivity index (χ0v) is 20.6. The van der Waals surface area contributed by atoms with E-state index in [0.717, 1.165) is 41.3 Å². The highest BCUT2D eigenvalue weighted by Crippen LogP contribution is 2.41. The molecule has 1 aliphatic carbocycles. The maximum absolute atomic E-state index is 13.7. The summed E-state index contributed by atoms with van der Waals surface area (Å²) >= 11 is 0. The van der Waals surface area contributed by atoms with Crippen molar-refractivity contribution in [1.29, 1.82) is 0 Å². The van der Waals surface area contributed by atoms with Crippen LogP contribution in [-0.4, -0.2) is 58.5 Å². The van der Waals surface area contributed by atoms with Crippen LogP contribution in [-0.2, 0) is 11.2 Å². The Hall–Kier alpha value is -3.46. The molecule has 4 heterocycles. The van der Waals surface area contributed by atoms with Crippen LogP contribution in [0.4, 0.5) is 20.4 Å². The maximum Gasteiger partial charge on any atom is 0.248 e. The molecule has 2 aromatic heterocycles. The first-order valence-electron chi connectivity index (χ1n) is 12.9. The number of ether oxygens (including phenoxy) is 1. The molecule has 7 nitrogen and oxygen atoms in total. The van der Waals surface area contributed by atoms with Gasteiger partial charge in [0.1, 0.15) is 5.82 Å². The summed E-state index contributed by atoms with van der Waals surface area (Å²) in [4.78, 5) is 24.7. The highest BCUT2D eigenvalue weighted by atomic mass is 19.3. The lowest BCUT2D eigenvalue weighted by molar-refractivity contribution is -0.0448. The molecule has 37 heavy (non-hydrogen) atoms. The van der Waals surface area contributed by atoms with Crippen molar-refractivity contribution in [3.8, 4) is 11.1 Å². The molecule has 9 heteroatoms. The van der Waals surface area contributed by atoms with Crippen LogP contribution in [0.25, 0.3) is 11.1 Å². The van der Waals surface area contributed by atoms with Crippen LogP contribution < -0.4 is 4.90 Å². The molecule has 0 atom stereocenters. The summed E-state index contributed by atoms with van der Waals surface area (Å²) in [5.74, 6) is -1.20. The highest BCUT2D eigenvalue weighted by Gasteiger charge is 2.37. The van der Waals surface area contributed by atoms with E-state index < -0.39 is 5.92 Å². The number of halogens is 2. The number of Topliss-reactive ketones (excluding diaryl/α,β-unsaturated/α-hetero) is 1. The fourth-order valence-corrected chi connectivity index (χ4v) is 5.47. The van der Waals surface area contributed by atoms with Crippen molar-refractivity contribution in [2.24, 2.45) is 4.99 Å². The lowest BCUT2D eigenvalue weighted by atomic mass is 9.92. The predicted molar refractivity (Wildman–Crippen MR) is 137 cm³/mol. The molecular weight excluding hydrogens is 476 g/mol. The molecule has 3 aliphatic rings. The number of anilines is 1. The van der Waals surface area contributed by atoms with Crippen molar-refractivity contribution >= 4 is 23.1 Å². The minimum Gasteiger partial charge on any atom is -0.378 e. The second-order valence-electron chi connectivity index (χ2n) is 10.0.